The van der Waals surface area contributed by atoms with Crippen LogP contribution in [0.3, 0.4) is 0 Å². The van der Waals surface area contributed by atoms with E-state index in [0.29, 0.717) is 19.6 Å². The first-order valence-electron chi connectivity index (χ1n) is 6.15. The molecule has 0 spiro atoms. The molecule has 106 valence electrons. The molecule has 1 aromatic carbocycles. The second kappa shape index (κ2) is 5.44. The van der Waals surface area contributed by atoms with Crippen LogP contribution >= 0.6 is 0 Å². The summed E-state index contributed by atoms with van der Waals surface area (Å²) in [4.78, 5) is 1.72. The van der Waals surface area contributed by atoms with Gasteiger partial charge in [0.05, 0.1) is 0 Å². The normalized spacial score (nSPS) is 19.3. The van der Waals surface area contributed by atoms with Crippen molar-refractivity contribution in [3.8, 4) is 0 Å². The van der Waals surface area contributed by atoms with Gasteiger partial charge < -0.3 is 10.6 Å². The third-order valence-electron chi connectivity index (χ3n) is 3.25. The van der Waals surface area contributed by atoms with Gasteiger partial charge in [-0.15, -0.1) is 0 Å². The Hall–Kier alpha value is -1.18. The lowest BCUT2D eigenvalue weighted by atomic mass is 10.3. The van der Waals surface area contributed by atoms with Gasteiger partial charge in [-0.3, -0.25) is 0 Å². The SMILES string of the molecule is CN1CCCN(S(=O)(=O)c2cc(N)ccc2F)CC1. The number of hydrogen-bond acceptors (Lipinski definition) is 4. The van der Waals surface area contributed by atoms with Crippen LogP contribution in [0.5, 0.6) is 0 Å². The molecule has 0 saturated carbocycles. The predicted octanol–water partition coefficient (Wildman–Crippen LogP) is 0.734. The zero-order chi connectivity index (χ0) is 14.0. The first kappa shape index (κ1) is 14.2. The summed E-state index contributed by atoms with van der Waals surface area (Å²) in [5.41, 5.74) is 5.79. The number of nitrogens with zero attached hydrogens (tertiary/aromatic N) is 2. The van der Waals surface area contributed by atoms with E-state index in [1.165, 1.54) is 16.4 Å². The number of nitrogens with two attached hydrogens (primary N) is 1. The second-order valence-electron chi connectivity index (χ2n) is 4.75. The quantitative estimate of drug-likeness (QED) is 0.815. The average molecular weight is 287 g/mol. The van der Waals surface area contributed by atoms with E-state index in [2.05, 4.69) is 4.90 Å². The molecule has 0 aromatic heterocycles. The summed E-state index contributed by atoms with van der Waals surface area (Å²) < 4.78 is 39.9. The zero-order valence-electron chi connectivity index (χ0n) is 10.8. The van der Waals surface area contributed by atoms with Crippen LogP contribution in [0.25, 0.3) is 0 Å². The largest absolute Gasteiger partial charge is 0.399 e. The van der Waals surface area contributed by atoms with E-state index in [1.807, 2.05) is 7.05 Å². The Morgan fingerprint density at radius 2 is 1.95 bits per heavy atom. The molecule has 0 bridgehead atoms. The van der Waals surface area contributed by atoms with Gasteiger partial charge in [0.15, 0.2) is 0 Å². The molecular formula is C12H18FN3O2S. The number of sulfonamides is 1. The van der Waals surface area contributed by atoms with Crippen LogP contribution in [0.15, 0.2) is 23.1 Å². The molecule has 1 saturated heterocycles. The molecule has 2 N–H and O–H groups in total. The van der Waals surface area contributed by atoms with Gasteiger partial charge in [0.25, 0.3) is 0 Å². The molecule has 1 heterocycles. The monoisotopic (exact) mass is 287 g/mol. The second-order valence-corrected chi connectivity index (χ2v) is 6.66. The fourth-order valence-electron chi connectivity index (χ4n) is 2.12. The van der Waals surface area contributed by atoms with Gasteiger partial charge in [0.1, 0.15) is 10.7 Å². The van der Waals surface area contributed by atoms with E-state index in [0.717, 1.165) is 19.0 Å². The van der Waals surface area contributed by atoms with Crippen molar-refractivity contribution in [1.29, 1.82) is 0 Å². The molecule has 0 unspecified atom stereocenters. The fraction of sp³-hybridized carbons (Fsp3) is 0.500. The number of anilines is 1. The molecule has 1 aliphatic heterocycles. The minimum absolute atomic E-state index is 0.243. The van der Waals surface area contributed by atoms with Crippen LogP contribution in [0.2, 0.25) is 0 Å². The maximum atomic E-state index is 13.7. The lowest BCUT2D eigenvalue weighted by Gasteiger charge is -2.20. The Kier molecular flexibility index (Phi) is 4.07. The number of halogens is 1. The Labute approximate surface area is 112 Å². The van der Waals surface area contributed by atoms with E-state index in [4.69, 9.17) is 5.73 Å². The Balaban J connectivity index is 2.33. The highest BCUT2D eigenvalue weighted by atomic mass is 32.2. The van der Waals surface area contributed by atoms with Crippen LogP contribution in [0.1, 0.15) is 6.42 Å². The highest BCUT2D eigenvalue weighted by Crippen LogP contribution is 2.22. The van der Waals surface area contributed by atoms with Crippen molar-refractivity contribution in [2.24, 2.45) is 0 Å². The summed E-state index contributed by atoms with van der Waals surface area (Å²) >= 11 is 0. The topological polar surface area (TPSA) is 66.6 Å². The van der Waals surface area contributed by atoms with Crippen molar-refractivity contribution in [1.82, 2.24) is 9.21 Å². The molecule has 2 rings (SSSR count). The summed E-state index contributed by atoms with van der Waals surface area (Å²) in [5, 5.41) is 0. The van der Waals surface area contributed by atoms with Gasteiger partial charge in [-0.1, -0.05) is 0 Å². The predicted molar refractivity (Wildman–Crippen MR) is 71.7 cm³/mol. The summed E-state index contributed by atoms with van der Waals surface area (Å²) in [7, 11) is -1.87. The Morgan fingerprint density at radius 3 is 2.68 bits per heavy atom. The fourth-order valence-corrected chi connectivity index (χ4v) is 3.69. The standard InChI is InChI=1S/C12H18FN3O2S/c1-15-5-2-6-16(8-7-15)19(17,18)12-9-10(14)3-4-11(12)13/h3-4,9H,2,5-8,14H2,1H3. The van der Waals surface area contributed by atoms with Crippen molar-refractivity contribution < 1.29 is 12.8 Å². The van der Waals surface area contributed by atoms with Crippen molar-refractivity contribution in [2.45, 2.75) is 11.3 Å². The van der Waals surface area contributed by atoms with Crippen LogP contribution in [-0.2, 0) is 10.0 Å². The molecule has 1 fully saturated rings. The van der Waals surface area contributed by atoms with Gasteiger partial charge in [-0.05, 0) is 38.2 Å². The molecule has 0 atom stereocenters. The number of nitrogen functional groups attached to an aromatic ring is 1. The van der Waals surface area contributed by atoms with Gasteiger partial charge in [0, 0.05) is 25.3 Å². The molecule has 0 aliphatic carbocycles. The van der Waals surface area contributed by atoms with E-state index in [9.17, 15) is 12.8 Å². The highest BCUT2D eigenvalue weighted by Gasteiger charge is 2.28. The summed E-state index contributed by atoms with van der Waals surface area (Å²) in [6.07, 6.45) is 0.736. The molecule has 1 aromatic rings. The average Bonchev–Trinajstić information content (AvgIpc) is 2.57. The van der Waals surface area contributed by atoms with Crippen molar-refractivity contribution in [3.63, 3.8) is 0 Å². The van der Waals surface area contributed by atoms with Gasteiger partial charge in [-0.2, -0.15) is 4.31 Å². The molecule has 5 nitrogen and oxygen atoms in total. The maximum absolute atomic E-state index is 13.7. The third kappa shape index (κ3) is 3.05. The molecule has 1 aliphatic rings. The molecule has 7 heteroatoms. The third-order valence-corrected chi connectivity index (χ3v) is 5.17. The van der Waals surface area contributed by atoms with E-state index >= 15 is 0 Å². The number of rotatable bonds is 2. The summed E-state index contributed by atoms with van der Waals surface area (Å²) in [5.74, 6) is -0.758. The lowest BCUT2D eigenvalue weighted by molar-refractivity contribution is 0.347. The highest BCUT2D eigenvalue weighted by molar-refractivity contribution is 7.89. The maximum Gasteiger partial charge on any atom is 0.246 e. The lowest BCUT2D eigenvalue weighted by Crippen LogP contribution is -2.35. The van der Waals surface area contributed by atoms with Crippen molar-refractivity contribution in [2.75, 3.05) is 39.0 Å². The minimum atomic E-state index is -3.81. The smallest absolute Gasteiger partial charge is 0.246 e. The molecular weight excluding hydrogens is 269 g/mol. The van der Waals surface area contributed by atoms with Crippen LogP contribution in [0.4, 0.5) is 10.1 Å². The number of hydrogen-bond donors (Lipinski definition) is 1. The summed E-state index contributed by atoms with van der Waals surface area (Å²) in [6.45, 7) is 2.25. The van der Waals surface area contributed by atoms with Crippen LogP contribution in [0, 0.1) is 5.82 Å². The Bertz CT molecular complexity index is 562. The van der Waals surface area contributed by atoms with Gasteiger partial charge in [-0.25, -0.2) is 12.8 Å². The van der Waals surface area contributed by atoms with E-state index in [1.54, 1.807) is 0 Å². The van der Waals surface area contributed by atoms with Crippen LogP contribution in [-0.4, -0.2) is 50.8 Å². The van der Waals surface area contributed by atoms with E-state index in [-0.39, 0.29) is 10.6 Å². The number of likely N-dealkylation sites (N-methyl/N-ethyl adjacent to an activating group) is 1. The first-order chi connectivity index (χ1) is 8.91. The number of benzene rings is 1. The van der Waals surface area contributed by atoms with E-state index < -0.39 is 15.8 Å². The van der Waals surface area contributed by atoms with Crippen molar-refractivity contribution in [3.05, 3.63) is 24.0 Å². The molecule has 19 heavy (non-hydrogen) atoms. The van der Waals surface area contributed by atoms with Gasteiger partial charge >= 0.3 is 0 Å². The zero-order valence-corrected chi connectivity index (χ0v) is 11.7. The Morgan fingerprint density at radius 1 is 1.21 bits per heavy atom. The molecule has 0 amide bonds. The van der Waals surface area contributed by atoms with Crippen molar-refractivity contribution >= 4 is 15.7 Å². The molecule has 0 radical (unpaired) electrons. The van der Waals surface area contributed by atoms with Gasteiger partial charge in [0.2, 0.25) is 10.0 Å². The van der Waals surface area contributed by atoms with Crippen LogP contribution < -0.4 is 5.73 Å². The first-order valence-corrected chi connectivity index (χ1v) is 7.59. The summed E-state index contributed by atoms with van der Waals surface area (Å²) in [6, 6.07) is 3.62. The minimum Gasteiger partial charge on any atom is -0.399 e.